The molecular weight excluding hydrogens is 408 g/mol. The fourth-order valence-corrected chi connectivity index (χ4v) is 4.28. The maximum Gasteiger partial charge on any atom is 0.242 e. The van der Waals surface area contributed by atoms with Crippen LogP contribution in [0, 0.1) is 0 Å². The maximum absolute atomic E-state index is 12.2. The van der Waals surface area contributed by atoms with Crippen LogP contribution in [0.15, 0.2) is 58.4 Å². The van der Waals surface area contributed by atoms with E-state index in [9.17, 15) is 8.42 Å². The molecular formula is C21H27ClN4O2S. The largest absolute Gasteiger partial charge is 0.356 e. The minimum atomic E-state index is -3.41. The summed E-state index contributed by atoms with van der Waals surface area (Å²) in [6.45, 7) is 1.33. The second-order valence-electron chi connectivity index (χ2n) is 7.50. The molecule has 0 bridgehead atoms. The quantitative estimate of drug-likeness (QED) is 0.519. The summed E-state index contributed by atoms with van der Waals surface area (Å²) >= 11 is 6.15. The summed E-state index contributed by atoms with van der Waals surface area (Å²) in [5.74, 6) is 0.711. The lowest BCUT2D eigenvalue weighted by atomic mass is 9.96. The zero-order valence-corrected chi connectivity index (χ0v) is 18.5. The Labute approximate surface area is 178 Å². The van der Waals surface area contributed by atoms with Crippen LogP contribution in [0.1, 0.15) is 24.0 Å². The third-order valence-corrected chi connectivity index (χ3v) is 7.33. The van der Waals surface area contributed by atoms with Crippen LogP contribution in [0.2, 0.25) is 5.02 Å². The Bertz CT molecular complexity index is 984. The standard InChI is InChI=1S/C21H27ClN4O2S/c1-23-20(25-15-21(11-12-21)17-5-4-6-18(22)13-17)24-14-16-7-9-19(10-8-16)29(27,28)26(2)3/h4-10,13H,11-12,14-15H2,1-3H3,(H2,23,24,25). The number of benzene rings is 2. The second kappa shape index (κ2) is 8.73. The Kier molecular flexibility index (Phi) is 6.51. The molecule has 0 spiro atoms. The zero-order chi connectivity index (χ0) is 21.1. The first-order valence-corrected chi connectivity index (χ1v) is 11.3. The first-order valence-electron chi connectivity index (χ1n) is 9.49. The summed E-state index contributed by atoms with van der Waals surface area (Å²) in [5, 5.41) is 7.45. The molecule has 0 heterocycles. The van der Waals surface area contributed by atoms with Gasteiger partial charge in [-0.25, -0.2) is 12.7 Å². The van der Waals surface area contributed by atoms with Crippen molar-refractivity contribution in [3.8, 4) is 0 Å². The first-order chi connectivity index (χ1) is 13.8. The summed E-state index contributed by atoms with van der Waals surface area (Å²) in [6.07, 6.45) is 2.25. The van der Waals surface area contributed by atoms with Crippen LogP contribution in [0.4, 0.5) is 0 Å². The summed E-state index contributed by atoms with van der Waals surface area (Å²) < 4.78 is 25.5. The van der Waals surface area contributed by atoms with E-state index in [0.717, 1.165) is 30.0 Å². The number of guanidine groups is 1. The topological polar surface area (TPSA) is 73.8 Å². The van der Waals surface area contributed by atoms with Crippen molar-refractivity contribution in [3.05, 3.63) is 64.7 Å². The highest BCUT2D eigenvalue weighted by Gasteiger charge is 2.44. The molecule has 3 rings (SSSR count). The molecule has 29 heavy (non-hydrogen) atoms. The van der Waals surface area contributed by atoms with E-state index in [1.54, 1.807) is 19.2 Å². The van der Waals surface area contributed by atoms with Crippen LogP contribution in [0.3, 0.4) is 0 Å². The van der Waals surface area contributed by atoms with Crippen molar-refractivity contribution in [2.45, 2.75) is 29.7 Å². The average molecular weight is 435 g/mol. The average Bonchev–Trinajstić information content (AvgIpc) is 3.49. The van der Waals surface area contributed by atoms with Crippen LogP contribution in [0.5, 0.6) is 0 Å². The number of nitrogens with zero attached hydrogens (tertiary/aromatic N) is 2. The number of nitrogens with one attached hydrogen (secondary N) is 2. The summed E-state index contributed by atoms with van der Waals surface area (Å²) in [4.78, 5) is 4.57. The Balaban J connectivity index is 1.56. The Morgan fingerprint density at radius 2 is 1.83 bits per heavy atom. The third kappa shape index (κ3) is 5.10. The molecule has 0 aliphatic heterocycles. The number of aliphatic imine (C=N–C) groups is 1. The minimum absolute atomic E-state index is 0.116. The molecule has 8 heteroatoms. The lowest BCUT2D eigenvalue weighted by Gasteiger charge is -2.19. The molecule has 1 fully saturated rings. The van der Waals surface area contributed by atoms with Crippen LogP contribution in [-0.4, -0.2) is 46.4 Å². The highest BCUT2D eigenvalue weighted by molar-refractivity contribution is 7.89. The van der Waals surface area contributed by atoms with Gasteiger partial charge in [-0.15, -0.1) is 0 Å². The van der Waals surface area contributed by atoms with Crippen molar-refractivity contribution in [2.75, 3.05) is 27.7 Å². The van der Waals surface area contributed by atoms with Crippen molar-refractivity contribution in [1.29, 1.82) is 0 Å². The van der Waals surface area contributed by atoms with Crippen molar-refractivity contribution in [1.82, 2.24) is 14.9 Å². The van der Waals surface area contributed by atoms with E-state index in [-0.39, 0.29) is 10.3 Å². The molecule has 1 aliphatic rings. The Morgan fingerprint density at radius 3 is 2.38 bits per heavy atom. The van der Waals surface area contributed by atoms with E-state index in [4.69, 9.17) is 11.6 Å². The van der Waals surface area contributed by atoms with Gasteiger partial charge >= 0.3 is 0 Å². The normalized spacial score (nSPS) is 16.0. The highest BCUT2D eigenvalue weighted by atomic mass is 35.5. The van der Waals surface area contributed by atoms with Crippen LogP contribution in [-0.2, 0) is 22.0 Å². The third-order valence-electron chi connectivity index (χ3n) is 5.27. The molecule has 2 aromatic rings. The Morgan fingerprint density at radius 1 is 1.14 bits per heavy atom. The summed E-state index contributed by atoms with van der Waals surface area (Å²) in [5.41, 5.74) is 2.34. The highest BCUT2D eigenvalue weighted by Crippen LogP contribution is 2.48. The van der Waals surface area contributed by atoms with Gasteiger partial charge in [0.25, 0.3) is 0 Å². The van der Waals surface area contributed by atoms with Gasteiger partial charge in [0.05, 0.1) is 4.90 Å². The van der Waals surface area contributed by atoms with E-state index < -0.39 is 10.0 Å². The first kappa shape index (κ1) is 21.6. The zero-order valence-electron chi connectivity index (χ0n) is 16.9. The van der Waals surface area contributed by atoms with Crippen molar-refractivity contribution >= 4 is 27.6 Å². The molecule has 1 saturated carbocycles. The fraction of sp³-hybridized carbons (Fsp3) is 0.381. The Hall–Kier alpha value is -2.09. The molecule has 0 saturated heterocycles. The van der Waals surface area contributed by atoms with E-state index in [0.29, 0.717) is 12.5 Å². The van der Waals surface area contributed by atoms with Crippen LogP contribution >= 0.6 is 11.6 Å². The molecule has 0 unspecified atom stereocenters. The summed E-state index contributed by atoms with van der Waals surface area (Å²) in [6, 6.07) is 14.9. The van der Waals surface area contributed by atoms with Crippen molar-refractivity contribution in [3.63, 3.8) is 0 Å². The van der Waals surface area contributed by atoms with Gasteiger partial charge in [0.15, 0.2) is 5.96 Å². The minimum Gasteiger partial charge on any atom is -0.356 e. The monoisotopic (exact) mass is 434 g/mol. The number of hydrogen-bond donors (Lipinski definition) is 2. The lowest BCUT2D eigenvalue weighted by molar-refractivity contribution is 0.520. The molecule has 0 radical (unpaired) electrons. The number of rotatable bonds is 7. The van der Waals surface area contributed by atoms with Crippen molar-refractivity contribution < 1.29 is 8.42 Å². The van der Waals surface area contributed by atoms with Gasteiger partial charge in [-0.3, -0.25) is 4.99 Å². The van der Waals surface area contributed by atoms with E-state index >= 15 is 0 Å². The van der Waals surface area contributed by atoms with Crippen LogP contribution < -0.4 is 10.6 Å². The van der Waals surface area contributed by atoms with Gasteiger partial charge in [0.1, 0.15) is 0 Å². The second-order valence-corrected chi connectivity index (χ2v) is 10.1. The molecule has 0 aromatic heterocycles. The van der Waals surface area contributed by atoms with Gasteiger partial charge in [-0.1, -0.05) is 35.9 Å². The maximum atomic E-state index is 12.2. The lowest BCUT2D eigenvalue weighted by Crippen LogP contribution is -2.40. The van der Waals surface area contributed by atoms with Gasteiger partial charge in [0.2, 0.25) is 10.0 Å². The van der Waals surface area contributed by atoms with Crippen molar-refractivity contribution in [2.24, 2.45) is 4.99 Å². The molecule has 156 valence electrons. The van der Waals surface area contributed by atoms with Gasteiger partial charge in [-0.05, 0) is 48.2 Å². The van der Waals surface area contributed by atoms with Gasteiger partial charge in [0, 0.05) is 44.7 Å². The van der Waals surface area contributed by atoms with Crippen LogP contribution in [0.25, 0.3) is 0 Å². The van der Waals surface area contributed by atoms with Gasteiger partial charge in [-0.2, -0.15) is 0 Å². The number of hydrogen-bond acceptors (Lipinski definition) is 3. The predicted octanol–water partition coefficient (Wildman–Crippen LogP) is 2.99. The molecule has 0 amide bonds. The van der Waals surface area contributed by atoms with E-state index in [1.807, 2.05) is 30.3 Å². The number of sulfonamides is 1. The van der Waals surface area contributed by atoms with E-state index in [2.05, 4.69) is 21.7 Å². The van der Waals surface area contributed by atoms with E-state index in [1.165, 1.54) is 24.0 Å². The molecule has 2 N–H and O–H groups in total. The molecule has 1 aliphatic carbocycles. The SMILES string of the molecule is CN=C(NCc1ccc(S(=O)(=O)N(C)C)cc1)NCC1(c2cccc(Cl)c2)CC1. The van der Waals surface area contributed by atoms with Gasteiger partial charge < -0.3 is 10.6 Å². The number of halogens is 1. The predicted molar refractivity (Wildman–Crippen MR) is 118 cm³/mol. The molecule has 0 atom stereocenters. The fourth-order valence-electron chi connectivity index (χ4n) is 3.19. The molecule has 2 aromatic carbocycles. The smallest absolute Gasteiger partial charge is 0.242 e. The molecule has 6 nitrogen and oxygen atoms in total. The summed E-state index contributed by atoms with van der Waals surface area (Å²) in [7, 11) is 1.38.